The molecule has 1 heterocycles. The second-order valence-corrected chi connectivity index (χ2v) is 5.92. The largest absolute Gasteiger partial charge is 0.389 e. The lowest BCUT2D eigenvalue weighted by molar-refractivity contribution is -0.116. The van der Waals surface area contributed by atoms with Crippen molar-refractivity contribution in [2.45, 2.75) is 38.6 Å². The van der Waals surface area contributed by atoms with Crippen LogP contribution in [0.15, 0.2) is 24.3 Å². The summed E-state index contributed by atoms with van der Waals surface area (Å²) in [5, 5.41) is 2.91. The van der Waals surface area contributed by atoms with Crippen molar-refractivity contribution < 1.29 is 4.79 Å². The molecule has 0 aliphatic carbocycles. The smallest absolute Gasteiger partial charge is 0.225 e. The van der Waals surface area contributed by atoms with Gasteiger partial charge in [-0.3, -0.25) is 9.69 Å². The van der Waals surface area contributed by atoms with Crippen LogP contribution in [0.4, 0.5) is 5.69 Å². The number of benzene rings is 1. The predicted octanol–water partition coefficient (Wildman–Crippen LogP) is 2.52. The Kier molecular flexibility index (Phi) is 5.70. The van der Waals surface area contributed by atoms with Crippen molar-refractivity contribution in [3.05, 3.63) is 29.8 Å². The number of nitrogens with zero attached hydrogens (tertiary/aromatic N) is 1. The first-order chi connectivity index (χ1) is 10.1. The predicted molar refractivity (Wildman–Crippen MR) is 90.5 cm³/mol. The van der Waals surface area contributed by atoms with Crippen LogP contribution < -0.4 is 11.1 Å². The Morgan fingerprint density at radius 2 is 2.33 bits per heavy atom. The van der Waals surface area contributed by atoms with Gasteiger partial charge in [0, 0.05) is 30.3 Å². The maximum Gasteiger partial charge on any atom is 0.225 e. The Balaban J connectivity index is 1.84. The molecule has 21 heavy (non-hydrogen) atoms. The fourth-order valence-corrected chi connectivity index (χ4v) is 3.00. The maximum atomic E-state index is 12.0. The van der Waals surface area contributed by atoms with Crippen molar-refractivity contribution in [1.29, 1.82) is 0 Å². The van der Waals surface area contributed by atoms with Crippen LogP contribution in [0.25, 0.3) is 0 Å². The Hall–Kier alpha value is -1.46. The van der Waals surface area contributed by atoms with Crippen LogP contribution in [0.3, 0.4) is 0 Å². The second kappa shape index (κ2) is 7.52. The summed E-state index contributed by atoms with van der Waals surface area (Å²) in [5.41, 5.74) is 7.12. The van der Waals surface area contributed by atoms with Gasteiger partial charge in [-0.05, 0) is 37.9 Å². The molecule has 1 saturated heterocycles. The summed E-state index contributed by atoms with van der Waals surface area (Å²) in [7, 11) is 0. The summed E-state index contributed by atoms with van der Waals surface area (Å²) < 4.78 is 0. The quantitative estimate of drug-likeness (QED) is 0.793. The summed E-state index contributed by atoms with van der Waals surface area (Å²) in [5.74, 6) is 0.0387. The zero-order valence-corrected chi connectivity index (χ0v) is 13.3. The average molecular weight is 305 g/mol. The van der Waals surface area contributed by atoms with Crippen molar-refractivity contribution >= 4 is 28.8 Å². The summed E-state index contributed by atoms with van der Waals surface area (Å²) >= 11 is 4.94. The number of nitrogens with two attached hydrogens (primary N) is 1. The van der Waals surface area contributed by atoms with Gasteiger partial charge < -0.3 is 11.1 Å². The second-order valence-electron chi connectivity index (χ2n) is 5.48. The third-order valence-electron chi connectivity index (χ3n) is 4.03. The zero-order chi connectivity index (χ0) is 15.2. The first-order valence-corrected chi connectivity index (χ1v) is 7.94. The fraction of sp³-hybridized carbons (Fsp3) is 0.500. The number of amides is 1. The minimum atomic E-state index is 0.0387. The van der Waals surface area contributed by atoms with Crippen LogP contribution >= 0.6 is 12.2 Å². The van der Waals surface area contributed by atoms with Crippen molar-refractivity contribution in [2.75, 3.05) is 18.4 Å². The molecule has 0 saturated carbocycles. The van der Waals surface area contributed by atoms with E-state index in [1.807, 2.05) is 24.3 Å². The molecule has 1 unspecified atom stereocenters. The number of thiocarbonyl (C=S) groups is 1. The number of hydrogen-bond acceptors (Lipinski definition) is 3. The number of carbonyl (C=O) groups excluding carboxylic acids is 1. The van der Waals surface area contributed by atoms with Crippen LogP contribution in [0.2, 0.25) is 0 Å². The average Bonchev–Trinajstić information content (AvgIpc) is 2.93. The fourth-order valence-electron chi connectivity index (χ4n) is 2.87. The molecule has 114 valence electrons. The van der Waals surface area contributed by atoms with E-state index < -0.39 is 0 Å². The minimum Gasteiger partial charge on any atom is -0.389 e. The number of nitrogens with one attached hydrogen (secondary N) is 1. The van der Waals surface area contributed by atoms with E-state index in [0.717, 1.165) is 30.8 Å². The molecule has 1 amide bonds. The highest BCUT2D eigenvalue weighted by Gasteiger charge is 2.22. The van der Waals surface area contributed by atoms with Gasteiger partial charge in [-0.2, -0.15) is 0 Å². The topological polar surface area (TPSA) is 58.4 Å². The minimum absolute atomic E-state index is 0.0387. The molecule has 1 fully saturated rings. The van der Waals surface area contributed by atoms with E-state index in [4.69, 9.17) is 18.0 Å². The van der Waals surface area contributed by atoms with Crippen LogP contribution in [-0.2, 0) is 4.79 Å². The highest BCUT2D eigenvalue weighted by Crippen LogP contribution is 2.20. The van der Waals surface area contributed by atoms with Crippen LogP contribution in [0.5, 0.6) is 0 Å². The molecule has 1 aromatic rings. The zero-order valence-electron chi connectivity index (χ0n) is 12.5. The molecule has 5 heteroatoms. The van der Waals surface area contributed by atoms with Crippen molar-refractivity contribution in [1.82, 2.24) is 4.90 Å². The first kappa shape index (κ1) is 15.9. The number of hydrogen-bond donors (Lipinski definition) is 2. The molecule has 1 aliphatic rings. The van der Waals surface area contributed by atoms with Gasteiger partial charge in [0.25, 0.3) is 0 Å². The van der Waals surface area contributed by atoms with Gasteiger partial charge in [0.2, 0.25) is 5.91 Å². The summed E-state index contributed by atoms with van der Waals surface area (Å²) in [4.78, 5) is 14.8. The van der Waals surface area contributed by atoms with Crippen molar-refractivity contribution in [2.24, 2.45) is 5.73 Å². The Bertz CT molecular complexity index is 518. The van der Waals surface area contributed by atoms with E-state index in [2.05, 4.69) is 17.1 Å². The van der Waals surface area contributed by atoms with Crippen molar-refractivity contribution in [3.63, 3.8) is 0 Å². The Morgan fingerprint density at radius 1 is 1.52 bits per heavy atom. The number of likely N-dealkylation sites (tertiary alicyclic amines) is 1. The van der Waals surface area contributed by atoms with Crippen LogP contribution in [0.1, 0.15) is 38.2 Å². The van der Waals surface area contributed by atoms with Gasteiger partial charge in [0.15, 0.2) is 0 Å². The van der Waals surface area contributed by atoms with E-state index in [-0.39, 0.29) is 5.91 Å². The van der Waals surface area contributed by atoms with Gasteiger partial charge in [-0.15, -0.1) is 0 Å². The molecule has 0 radical (unpaired) electrons. The number of anilines is 1. The monoisotopic (exact) mass is 305 g/mol. The lowest BCUT2D eigenvalue weighted by Crippen LogP contribution is -2.32. The molecular weight excluding hydrogens is 282 g/mol. The summed E-state index contributed by atoms with van der Waals surface area (Å²) in [6, 6.07) is 8.00. The van der Waals surface area contributed by atoms with Crippen molar-refractivity contribution in [3.8, 4) is 0 Å². The van der Waals surface area contributed by atoms with Crippen LogP contribution in [0, 0.1) is 0 Å². The van der Waals surface area contributed by atoms with E-state index in [1.54, 1.807) is 0 Å². The van der Waals surface area contributed by atoms with Gasteiger partial charge in [0.05, 0.1) is 0 Å². The normalized spacial score (nSPS) is 18.6. The molecule has 1 aromatic carbocycles. The Labute approximate surface area is 131 Å². The SMILES string of the molecule is CCC1CCCN1CCC(=O)Nc1cccc(C(N)=S)c1. The standard InChI is InChI=1S/C16H23N3OS/c1-2-14-7-4-9-19(14)10-8-15(20)18-13-6-3-5-12(11-13)16(17)21/h3,5-6,11,14H,2,4,7-10H2,1H3,(H2,17,21)(H,18,20). The van der Waals surface area contributed by atoms with Gasteiger partial charge in [0.1, 0.15) is 4.99 Å². The molecular formula is C16H23N3OS. The number of carbonyl (C=O) groups is 1. The van der Waals surface area contributed by atoms with E-state index >= 15 is 0 Å². The molecule has 0 spiro atoms. The third kappa shape index (κ3) is 4.51. The molecule has 3 N–H and O–H groups in total. The highest BCUT2D eigenvalue weighted by atomic mass is 32.1. The molecule has 1 aliphatic heterocycles. The van der Waals surface area contributed by atoms with Crippen LogP contribution in [-0.4, -0.2) is 34.9 Å². The van der Waals surface area contributed by atoms with E-state index in [0.29, 0.717) is 17.5 Å². The summed E-state index contributed by atoms with van der Waals surface area (Å²) in [6.45, 7) is 4.16. The molecule has 1 atom stereocenters. The maximum absolute atomic E-state index is 12.0. The van der Waals surface area contributed by atoms with Gasteiger partial charge in [-0.1, -0.05) is 31.3 Å². The van der Waals surface area contributed by atoms with Gasteiger partial charge in [-0.25, -0.2) is 0 Å². The lowest BCUT2D eigenvalue weighted by atomic mass is 10.1. The summed E-state index contributed by atoms with van der Waals surface area (Å²) in [6.07, 6.45) is 4.19. The van der Waals surface area contributed by atoms with Gasteiger partial charge >= 0.3 is 0 Å². The first-order valence-electron chi connectivity index (χ1n) is 7.54. The molecule has 2 rings (SSSR count). The molecule has 0 bridgehead atoms. The molecule has 4 nitrogen and oxygen atoms in total. The highest BCUT2D eigenvalue weighted by molar-refractivity contribution is 7.80. The third-order valence-corrected chi connectivity index (χ3v) is 4.26. The number of rotatable bonds is 6. The molecule has 0 aromatic heterocycles. The lowest BCUT2D eigenvalue weighted by Gasteiger charge is -2.22. The Morgan fingerprint density at radius 3 is 3.05 bits per heavy atom. The van der Waals surface area contributed by atoms with E-state index in [9.17, 15) is 4.79 Å². The van der Waals surface area contributed by atoms with E-state index in [1.165, 1.54) is 12.8 Å².